The minimum Gasteiger partial charge on any atom is -0.480 e. The molecule has 0 aliphatic carbocycles. The second kappa shape index (κ2) is 6.19. The van der Waals surface area contributed by atoms with Crippen molar-refractivity contribution in [3.05, 3.63) is 64.7 Å². The maximum Gasteiger partial charge on any atom is 0.329 e. The summed E-state index contributed by atoms with van der Waals surface area (Å²) < 4.78 is 0. The lowest BCUT2D eigenvalue weighted by Crippen LogP contribution is -2.45. The van der Waals surface area contributed by atoms with E-state index in [2.05, 4.69) is 5.32 Å². The van der Waals surface area contributed by atoms with Crippen molar-refractivity contribution < 1.29 is 9.90 Å². The number of nitrogens with one attached hydrogen (secondary N) is 1. The Labute approximate surface area is 129 Å². The Morgan fingerprint density at radius 1 is 1.19 bits per heavy atom. The molecule has 2 aromatic carbocycles. The highest BCUT2D eigenvalue weighted by molar-refractivity contribution is 6.30. The highest BCUT2D eigenvalue weighted by Gasteiger charge is 2.33. The van der Waals surface area contributed by atoms with Gasteiger partial charge >= 0.3 is 5.97 Å². The van der Waals surface area contributed by atoms with Gasteiger partial charge in [0.25, 0.3) is 0 Å². The summed E-state index contributed by atoms with van der Waals surface area (Å²) in [4.78, 5) is 11.7. The topological polar surface area (TPSA) is 49.3 Å². The molecule has 3 nitrogen and oxygen atoms in total. The molecule has 1 atom stereocenters. The molecule has 0 aromatic heterocycles. The molecule has 0 bridgehead atoms. The minimum absolute atomic E-state index is 0.369. The molecule has 0 saturated carbocycles. The van der Waals surface area contributed by atoms with Crippen molar-refractivity contribution in [1.82, 2.24) is 0 Å². The molecule has 0 aliphatic rings. The van der Waals surface area contributed by atoms with Gasteiger partial charge in [0.2, 0.25) is 0 Å². The normalized spacial score (nSPS) is 13.5. The van der Waals surface area contributed by atoms with Gasteiger partial charge in [0.1, 0.15) is 5.54 Å². The number of hydrogen-bond acceptors (Lipinski definition) is 2. The van der Waals surface area contributed by atoms with Crippen LogP contribution in [0.4, 0.5) is 5.69 Å². The number of rotatable bonds is 5. The first-order chi connectivity index (χ1) is 9.90. The van der Waals surface area contributed by atoms with E-state index in [1.54, 1.807) is 19.1 Å². The van der Waals surface area contributed by atoms with Gasteiger partial charge in [-0.3, -0.25) is 0 Å². The summed E-state index contributed by atoms with van der Waals surface area (Å²) in [5.74, 6) is -0.888. The van der Waals surface area contributed by atoms with Crippen molar-refractivity contribution in [1.29, 1.82) is 0 Å². The number of carboxylic acid groups (broad SMARTS) is 1. The van der Waals surface area contributed by atoms with Crippen LogP contribution in [0.25, 0.3) is 0 Å². The molecule has 0 saturated heterocycles. The van der Waals surface area contributed by atoms with Crippen LogP contribution in [-0.2, 0) is 11.2 Å². The van der Waals surface area contributed by atoms with E-state index >= 15 is 0 Å². The standard InChI is InChI=1S/C17H18ClNO2/c1-12-5-3-4-6-15(12)19-17(2,16(20)21)11-13-7-9-14(18)10-8-13/h3-10,19H,11H2,1-2H3,(H,20,21). The average Bonchev–Trinajstić information content (AvgIpc) is 2.44. The summed E-state index contributed by atoms with van der Waals surface area (Å²) in [6.45, 7) is 3.64. The Kier molecular flexibility index (Phi) is 4.53. The Morgan fingerprint density at radius 3 is 2.38 bits per heavy atom. The molecule has 0 aliphatic heterocycles. The minimum atomic E-state index is -1.08. The average molecular weight is 304 g/mol. The second-order valence-corrected chi connectivity index (χ2v) is 5.82. The van der Waals surface area contributed by atoms with Crippen molar-refractivity contribution in [2.75, 3.05) is 5.32 Å². The Morgan fingerprint density at radius 2 is 1.81 bits per heavy atom. The van der Waals surface area contributed by atoms with Crippen molar-refractivity contribution >= 4 is 23.3 Å². The highest BCUT2D eigenvalue weighted by atomic mass is 35.5. The van der Waals surface area contributed by atoms with Gasteiger partial charge in [-0.25, -0.2) is 4.79 Å². The van der Waals surface area contributed by atoms with Gasteiger partial charge in [-0.05, 0) is 43.2 Å². The lowest BCUT2D eigenvalue weighted by atomic mass is 9.92. The fourth-order valence-corrected chi connectivity index (χ4v) is 2.32. The van der Waals surface area contributed by atoms with Gasteiger partial charge in [-0.15, -0.1) is 0 Å². The van der Waals surface area contributed by atoms with Crippen LogP contribution >= 0.6 is 11.6 Å². The Hall–Kier alpha value is -2.00. The summed E-state index contributed by atoms with van der Waals surface area (Å²) in [7, 11) is 0. The zero-order valence-electron chi connectivity index (χ0n) is 12.1. The van der Waals surface area contributed by atoms with Crippen LogP contribution in [0.1, 0.15) is 18.1 Å². The zero-order valence-corrected chi connectivity index (χ0v) is 12.8. The molecule has 2 rings (SSSR count). The summed E-state index contributed by atoms with van der Waals surface area (Å²) in [6, 6.07) is 14.9. The molecule has 1 unspecified atom stereocenters. The van der Waals surface area contributed by atoms with Crippen molar-refractivity contribution in [3.8, 4) is 0 Å². The third-order valence-electron chi connectivity index (χ3n) is 3.50. The van der Waals surface area contributed by atoms with Crippen LogP contribution in [0.5, 0.6) is 0 Å². The van der Waals surface area contributed by atoms with Gasteiger partial charge in [-0.2, -0.15) is 0 Å². The largest absolute Gasteiger partial charge is 0.480 e. The number of halogens is 1. The Bertz CT molecular complexity index is 639. The maximum absolute atomic E-state index is 11.7. The number of para-hydroxylation sites is 1. The number of carboxylic acids is 1. The van der Waals surface area contributed by atoms with Gasteiger partial charge in [0, 0.05) is 17.1 Å². The van der Waals surface area contributed by atoms with E-state index in [0.717, 1.165) is 16.8 Å². The van der Waals surface area contributed by atoms with E-state index in [4.69, 9.17) is 11.6 Å². The number of aliphatic carboxylic acids is 1. The third-order valence-corrected chi connectivity index (χ3v) is 3.75. The highest BCUT2D eigenvalue weighted by Crippen LogP contribution is 2.23. The van der Waals surface area contributed by atoms with E-state index in [9.17, 15) is 9.90 Å². The van der Waals surface area contributed by atoms with Crippen LogP contribution in [-0.4, -0.2) is 16.6 Å². The van der Waals surface area contributed by atoms with Crippen LogP contribution in [0.3, 0.4) is 0 Å². The van der Waals surface area contributed by atoms with E-state index < -0.39 is 11.5 Å². The molecule has 0 fully saturated rings. The molecular weight excluding hydrogens is 286 g/mol. The quantitative estimate of drug-likeness (QED) is 0.872. The SMILES string of the molecule is Cc1ccccc1NC(C)(Cc1ccc(Cl)cc1)C(=O)O. The molecule has 0 radical (unpaired) electrons. The summed E-state index contributed by atoms with van der Waals surface area (Å²) in [5.41, 5.74) is 1.68. The van der Waals surface area contributed by atoms with Crippen molar-refractivity contribution in [3.63, 3.8) is 0 Å². The fourth-order valence-electron chi connectivity index (χ4n) is 2.19. The predicted octanol–water partition coefficient (Wildman–Crippen LogP) is 4.15. The van der Waals surface area contributed by atoms with Crippen molar-refractivity contribution in [2.45, 2.75) is 25.8 Å². The molecular formula is C17H18ClNO2. The van der Waals surface area contributed by atoms with Crippen LogP contribution in [0.15, 0.2) is 48.5 Å². The third kappa shape index (κ3) is 3.76. The molecule has 0 spiro atoms. The molecule has 21 heavy (non-hydrogen) atoms. The predicted molar refractivity (Wildman–Crippen MR) is 86.0 cm³/mol. The molecule has 2 aromatic rings. The summed E-state index contributed by atoms with van der Waals surface area (Å²) in [6.07, 6.45) is 0.369. The lowest BCUT2D eigenvalue weighted by Gasteiger charge is -2.28. The maximum atomic E-state index is 11.7. The number of hydrogen-bond donors (Lipinski definition) is 2. The monoisotopic (exact) mass is 303 g/mol. The van der Waals surface area contributed by atoms with Crippen LogP contribution in [0, 0.1) is 6.92 Å². The number of anilines is 1. The Balaban J connectivity index is 2.26. The van der Waals surface area contributed by atoms with Gasteiger partial charge < -0.3 is 10.4 Å². The smallest absolute Gasteiger partial charge is 0.329 e. The van der Waals surface area contributed by atoms with Gasteiger partial charge in [-0.1, -0.05) is 41.9 Å². The first-order valence-corrected chi connectivity index (χ1v) is 7.10. The molecule has 0 amide bonds. The van der Waals surface area contributed by atoms with Crippen LogP contribution < -0.4 is 5.32 Å². The first kappa shape index (κ1) is 15.4. The molecule has 4 heteroatoms. The second-order valence-electron chi connectivity index (χ2n) is 5.38. The molecule has 2 N–H and O–H groups in total. The summed E-state index contributed by atoms with van der Waals surface area (Å²) >= 11 is 5.86. The first-order valence-electron chi connectivity index (χ1n) is 6.72. The van der Waals surface area contributed by atoms with E-state index in [0.29, 0.717) is 11.4 Å². The lowest BCUT2D eigenvalue weighted by molar-refractivity contribution is -0.141. The van der Waals surface area contributed by atoms with Gasteiger partial charge in [0.05, 0.1) is 0 Å². The van der Waals surface area contributed by atoms with E-state index in [1.807, 2.05) is 43.3 Å². The van der Waals surface area contributed by atoms with E-state index in [1.165, 1.54) is 0 Å². The van der Waals surface area contributed by atoms with Crippen LogP contribution in [0.2, 0.25) is 5.02 Å². The summed E-state index contributed by atoms with van der Waals surface area (Å²) in [5, 5.41) is 13.4. The van der Waals surface area contributed by atoms with Gasteiger partial charge in [0.15, 0.2) is 0 Å². The fraction of sp³-hybridized carbons (Fsp3) is 0.235. The number of benzene rings is 2. The van der Waals surface area contributed by atoms with Crippen molar-refractivity contribution in [2.24, 2.45) is 0 Å². The number of aryl methyl sites for hydroxylation is 1. The number of carbonyl (C=O) groups is 1. The molecule has 0 heterocycles. The van der Waals surface area contributed by atoms with E-state index in [-0.39, 0.29) is 0 Å². The molecule has 110 valence electrons. The zero-order chi connectivity index (χ0) is 15.5.